The Balaban J connectivity index is 2.17. The highest BCUT2D eigenvalue weighted by Crippen LogP contribution is 2.29. The van der Waals surface area contributed by atoms with E-state index in [1.54, 1.807) is 28.8 Å². The van der Waals surface area contributed by atoms with Crippen molar-refractivity contribution in [1.82, 2.24) is 14.6 Å². The van der Waals surface area contributed by atoms with E-state index in [1.165, 1.54) is 0 Å². The molecule has 1 N–H and O–H groups in total. The zero-order chi connectivity index (χ0) is 15.7. The summed E-state index contributed by atoms with van der Waals surface area (Å²) in [4.78, 5) is 4.55. The van der Waals surface area contributed by atoms with Crippen molar-refractivity contribution in [2.45, 2.75) is 31.2 Å². The van der Waals surface area contributed by atoms with Gasteiger partial charge in [-0.05, 0) is 38.4 Å². The lowest BCUT2D eigenvalue weighted by molar-refractivity contribution is 0.350. The molecular formula is C16H21N3O2S. The summed E-state index contributed by atoms with van der Waals surface area (Å²) in [5, 5.41) is 4.91. The quantitative estimate of drug-likeness (QED) is 0.918. The second kappa shape index (κ2) is 5.95. The van der Waals surface area contributed by atoms with Gasteiger partial charge in [-0.3, -0.25) is 4.98 Å². The van der Waals surface area contributed by atoms with Crippen molar-refractivity contribution in [3.8, 4) is 0 Å². The molecule has 1 saturated heterocycles. The number of aryl methyl sites for hydroxylation is 1. The smallest absolute Gasteiger partial charge is 0.243 e. The van der Waals surface area contributed by atoms with E-state index in [0.29, 0.717) is 18.0 Å². The van der Waals surface area contributed by atoms with Gasteiger partial charge < -0.3 is 5.32 Å². The minimum absolute atomic E-state index is 0.00241. The minimum atomic E-state index is -3.52. The van der Waals surface area contributed by atoms with E-state index in [-0.39, 0.29) is 6.04 Å². The topological polar surface area (TPSA) is 62.3 Å². The highest BCUT2D eigenvalue weighted by Gasteiger charge is 2.31. The minimum Gasteiger partial charge on any atom is -0.315 e. The second-order valence-corrected chi connectivity index (χ2v) is 7.67. The number of fused-ring (bicyclic) bond motifs is 1. The number of rotatable bonds is 2. The van der Waals surface area contributed by atoms with Crippen LogP contribution in [0.3, 0.4) is 0 Å². The molecule has 1 aromatic heterocycles. The first-order valence-electron chi connectivity index (χ1n) is 7.57. The lowest BCUT2D eigenvalue weighted by Crippen LogP contribution is -2.39. The molecule has 0 radical (unpaired) electrons. The molecular weight excluding hydrogens is 298 g/mol. The second-order valence-electron chi connectivity index (χ2n) is 5.81. The standard InChI is InChI=1S/C16H21N3O2S/c1-12-10-18-11-14-4-3-5-15(16(12)14)22(20,21)19-9-8-17-7-6-13(19)2/h3-5,10-11,13,17H,6-9H2,1-2H3/t13-/m0/s1. The summed E-state index contributed by atoms with van der Waals surface area (Å²) in [6, 6.07) is 5.39. The summed E-state index contributed by atoms with van der Waals surface area (Å²) < 4.78 is 28.0. The summed E-state index contributed by atoms with van der Waals surface area (Å²) in [5.41, 5.74) is 0.886. The van der Waals surface area contributed by atoms with Gasteiger partial charge in [-0.15, -0.1) is 0 Å². The molecule has 1 aliphatic rings. The fourth-order valence-electron chi connectivity index (χ4n) is 3.06. The Morgan fingerprint density at radius 3 is 2.91 bits per heavy atom. The van der Waals surface area contributed by atoms with E-state index in [4.69, 9.17) is 0 Å². The molecule has 0 aliphatic carbocycles. The normalized spacial score (nSPS) is 20.9. The van der Waals surface area contributed by atoms with Gasteiger partial charge in [0.25, 0.3) is 0 Å². The van der Waals surface area contributed by atoms with Crippen LogP contribution in [0.15, 0.2) is 35.5 Å². The van der Waals surface area contributed by atoms with E-state index >= 15 is 0 Å². The maximum Gasteiger partial charge on any atom is 0.243 e. The Hall–Kier alpha value is -1.50. The fourth-order valence-corrected chi connectivity index (χ4v) is 5.01. The zero-order valence-corrected chi connectivity index (χ0v) is 13.7. The van der Waals surface area contributed by atoms with Crippen LogP contribution in [0.1, 0.15) is 18.9 Å². The maximum atomic E-state index is 13.2. The molecule has 1 aliphatic heterocycles. The van der Waals surface area contributed by atoms with Crippen LogP contribution in [0.2, 0.25) is 0 Å². The van der Waals surface area contributed by atoms with E-state index < -0.39 is 10.0 Å². The predicted molar refractivity (Wildman–Crippen MR) is 87.3 cm³/mol. The number of sulfonamides is 1. The summed E-state index contributed by atoms with van der Waals surface area (Å²) in [6.07, 6.45) is 4.26. The Kier molecular flexibility index (Phi) is 4.16. The van der Waals surface area contributed by atoms with Crippen molar-refractivity contribution in [3.05, 3.63) is 36.2 Å². The van der Waals surface area contributed by atoms with E-state index in [0.717, 1.165) is 29.3 Å². The van der Waals surface area contributed by atoms with Gasteiger partial charge in [0.15, 0.2) is 0 Å². The largest absolute Gasteiger partial charge is 0.315 e. The number of benzene rings is 1. The third-order valence-electron chi connectivity index (χ3n) is 4.26. The van der Waals surface area contributed by atoms with Crippen LogP contribution in [0, 0.1) is 6.92 Å². The van der Waals surface area contributed by atoms with Gasteiger partial charge >= 0.3 is 0 Å². The molecule has 2 aromatic rings. The number of hydrogen-bond acceptors (Lipinski definition) is 4. The molecule has 0 spiro atoms. The van der Waals surface area contributed by atoms with E-state index in [1.807, 2.05) is 19.9 Å². The molecule has 1 aromatic carbocycles. The van der Waals surface area contributed by atoms with E-state index in [2.05, 4.69) is 10.3 Å². The predicted octanol–water partition coefficient (Wildman–Crippen LogP) is 1.92. The van der Waals surface area contributed by atoms with Crippen LogP contribution in [-0.2, 0) is 10.0 Å². The summed E-state index contributed by atoms with van der Waals surface area (Å²) in [6.45, 7) is 5.93. The Labute approximate surface area is 131 Å². The van der Waals surface area contributed by atoms with Crippen molar-refractivity contribution in [1.29, 1.82) is 0 Å². The molecule has 0 amide bonds. The van der Waals surface area contributed by atoms with Crippen molar-refractivity contribution in [2.75, 3.05) is 19.6 Å². The Morgan fingerprint density at radius 2 is 2.09 bits per heavy atom. The first kappa shape index (κ1) is 15.4. The summed E-state index contributed by atoms with van der Waals surface area (Å²) in [7, 11) is -3.52. The number of nitrogens with zero attached hydrogens (tertiary/aromatic N) is 2. The SMILES string of the molecule is Cc1cncc2cccc(S(=O)(=O)N3CCNCC[C@@H]3C)c12. The highest BCUT2D eigenvalue weighted by molar-refractivity contribution is 7.89. The molecule has 0 unspecified atom stereocenters. The van der Waals surface area contributed by atoms with Gasteiger partial charge in [0.1, 0.15) is 0 Å². The van der Waals surface area contributed by atoms with Crippen molar-refractivity contribution in [2.24, 2.45) is 0 Å². The van der Waals surface area contributed by atoms with Crippen LogP contribution < -0.4 is 5.32 Å². The highest BCUT2D eigenvalue weighted by atomic mass is 32.2. The van der Waals surface area contributed by atoms with Crippen LogP contribution in [-0.4, -0.2) is 43.4 Å². The van der Waals surface area contributed by atoms with Gasteiger partial charge in [-0.25, -0.2) is 8.42 Å². The zero-order valence-electron chi connectivity index (χ0n) is 12.9. The van der Waals surface area contributed by atoms with Gasteiger partial charge in [0, 0.05) is 42.3 Å². The van der Waals surface area contributed by atoms with E-state index in [9.17, 15) is 8.42 Å². The molecule has 5 nitrogen and oxygen atoms in total. The third kappa shape index (κ3) is 2.62. The summed E-state index contributed by atoms with van der Waals surface area (Å²) >= 11 is 0. The first-order valence-corrected chi connectivity index (χ1v) is 9.01. The molecule has 0 saturated carbocycles. The number of aromatic nitrogens is 1. The number of nitrogens with one attached hydrogen (secondary N) is 1. The van der Waals surface area contributed by atoms with Crippen molar-refractivity contribution >= 4 is 20.8 Å². The maximum absolute atomic E-state index is 13.2. The number of pyridine rings is 1. The average molecular weight is 319 g/mol. The van der Waals surface area contributed by atoms with Crippen molar-refractivity contribution < 1.29 is 8.42 Å². The van der Waals surface area contributed by atoms with Gasteiger partial charge in [0.2, 0.25) is 10.0 Å². The van der Waals surface area contributed by atoms with Gasteiger partial charge in [-0.1, -0.05) is 12.1 Å². The molecule has 2 heterocycles. The van der Waals surface area contributed by atoms with Crippen LogP contribution in [0.5, 0.6) is 0 Å². The molecule has 3 rings (SSSR count). The van der Waals surface area contributed by atoms with Gasteiger partial charge in [0.05, 0.1) is 4.90 Å². The van der Waals surface area contributed by atoms with Crippen LogP contribution >= 0.6 is 0 Å². The Bertz CT molecular complexity index is 784. The molecule has 118 valence electrons. The molecule has 1 atom stereocenters. The Morgan fingerprint density at radius 1 is 1.27 bits per heavy atom. The molecule has 6 heteroatoms. The van der Waals surface area contributed by atoms with Crippen LogP contribution in [0.25, 0.3) is 10.8 Å². The summed E-state index contributed by atoms with van der Waals surface area (Å²) in [5.74, 6) is 0. The molecule has 1 fully saturated rings. The third-order valence-corrected chi connectivity index (χ3v) is 6.32. The number of hydrogen-bond donors (Lipinski definition) is 1. The van der Waals surface area contributed by atoms with Gasteiger partial charge in [-0.2, -0.15) is 4.31 Å². The molecule has 0 bridgehead atoms. The molecule has 22 heavy (non-hydrogen) atoms. The monoisotopic (exact) mass is 319 g/mol. The lowest BCUT2D eigenvalue weighted by Gasteiger charge is -2.26. The fraction of sp³-hybridized carbons (Fsp3) is 0.438. The van der Waals surface area contributed by atoms with Crippen molar-refractivity contribution in [3.63, 3.8) is 0 Å². The lowest BCUT2D eigenvalue weighted by atomic mass is 10.1. The first-order chi connectivity index (χ1) is 10.5. The average Bonchev–Trinajstić information content (AvgIpc) is 2.72. The van der Waals surface area contributed by atoms with Crippen LogP contribution in [0.4, 0.5) is 0 Å².